The Morgan fingerprint density at radius 3 is 2.40 bits per heavy atom. The highest BCUT2D eigenvalue weighted by atomic mass is 127. The van der Waals surface area contributed by atoms with Gasteiger partial charge in [0.1, 0.15) is 5.82 Å². The smallest absolute Gasteiger partial charge is 0.230 e. The van der Waals surface area contributed by atoms with Crippen LogP contribution in [0.15, 0.2) is 23.2 Å². The maximum Gasteiger partial charge on any atom is 0.230 e. The van der Waals surface area contributed by atoms with E-state index < -0.39 is 0 Å². The van der Waals surface area contributed by atoms with Crippen molar-refractivity contribution in [3.05, 3.63) is 35.1 Å². The SMILES string of the molecule is CCNC(=NCc1ccc(F)c(CN(C)C)c1)NCC1(C(=O)N(C)C)CCCC1.I. The number of carbonyl (C=O) groups is 1. The molecule has 0 saturated heterocycles. The third-order valence-electron chi connectivity index (χ3n) is 5.38. The van der Waals surface area contributed by atoms with Gasteiger partial charge in [0.25, 0.3) is 0 Å². The first-order chi connectivity index (χ1) is 13.8. The van der Waals surface area contributed by atoms with Gasteiger partial charge in [-0.2, -0.15) is 0 Å². The van der Waals surface area contributed by atoms with Crippen LogP contribution in [0, 0.1) is 11.2 Å². The summed E-state index contributed by atoms with van der Waals surface area (Å²) in [5.41, 5.74) is 1.27. The number of halogens is 2. The number of nitrogens with zero attached hydrogens (tertiary/aromatic N) is 3. The van der Waals surface area contributed by atoms with Crippen molar-refractivity contribution in [2.45, 2.75) is 45.7 Å². The minimum Gasteiger partial charge on any atom is -0.357 e. The average Bonchev–Trinajstić information content (AvgIpc) is 3.15. The molecule has 0 radical (unpaired) electrons. The van der Waals surface area contributed by atoms with E-state index in [1.54, 1.807) is 11.0 Å². The first kappa shape index (κ1) is 26.6. The molecule has 0 atom stereocenters. The lowest BCUT2D eigenvalue weighted by Crippen LogP contribution is -2.49. The van der Waals surface area contributed by atoms with E-state index in [4.69, 9.17) is 0 Å². The van der Waals surface area contributed by atoms with Crippen molar-refractivity contribution in [2.24, 2.45) is 10.4 Å². The van der Waals surface area contributed by atoms with Crippen LogP contribution in [0.5, 0.6) is 0 Å². The van der Waals surface area contributed by atoms with Crippen molar-refractivity contribution < 1.29 is 9.18 Å². The zero-order valence-corrected chi connectivity index (χ0v) is 21.3. The fourth-order valence-corrected chi connectivity index (χ4v) is 3.95. The third-order valence-corrected chi connectivity index (χ3v) is 5.38. The summed E-state index contributed by atoms with van der Waals surface area (Å²) in [6.07, 6.45) is 3.98. The van der Waals surface area contributed by atoms with Crippen LogP contribution in [-0.4, -0.2) is 62.9 Å². The van der Waals surface area contributed by atoms with Crippen molar-refractivity contribution >= 4 is 35.8 Å². The number of carbonyl (C=O) groups excluding carboxylic acids is 1. The summed E-state index contributed by atoms with van der Waals surface area (Å²) in [5.74, 6) is 0.677. The van der Waals surface area contributed by atoms with Crippen LogP contribution in [0.4, 0.5) is 4.39 Å². The molecule has 30 heavy (non-hydrogen) atoms. The molecule has 1 amide bonds. The van der Waals surface area contributed by atoms with E-state index in [1.807, 2.05) is 46.1 Å². The van der Waals surface area contributed by atoms with Gasteiger partial charge in [-0.15, -0.1) is 24.0 Å². The Hall–Kier alpha value is -1.42. The second kappa shape index (κ2) is 12.4. The zero-order valence-electron chi connectivity index (χ0n) is 18.9. The van der Waals surface area contributed by atoms with E-state index in [0.29, 0.717) is 31.2 Å². The zero-order chi connectivity index (χ0) is 21.4. The molecular weight excluding hydrogens is 496 g/mol. The van der Waals surface area contributed by atoms with Crippen molar-refractivity contribution in [3.8, 4) is 0 Å². The van der Waals surface area contributed by atoms with Gasteiger partial charge in [-0.3, -0.25) is 4.79 Å². The Morgan fingerprint density at radius 1 is 1.17 bits per heavy atom. The average molecular weight is 533 g/mol. The fourth-order valence-electron chi connectivity index (χ4n) is 3.95. The monoisotopic (exact) mass is 533 g/mol. The number of hydrogen-bond acceptors (Lipinski definition) is 3. The first-order valence-electron chi connectivity index (χ1n) is 10.4. The largest absolute Gasteiger partial charge is 0.357 e. The highest BCUT2D eigenvalue weighted by Crippen LogP contribution is 2.38. The lowest BCUT2D eigenvalue weighted by molar-refractivity contribution is -0.138. The summed E-state index contributed by atoms with van der Waals surface area (Å²) in [4.78, 5) is 21.1. The summed E-state index contributed by atoms with van der Waals surface area (Å²) in [6.45, 7) is 4.32. The van der Waals surface area contributed by atoms with E-state index >= 15 is 0 Å². The van der Waals surface area contributed by atoms with Crippen molar-refractivity contribution in [3.63, 3.8) is 0 Å². The van der Waals surface area contributed by atoms with Gasteiger partial charge in [0.05, 0.1) is 12.0 Å². The fraction of sp³-hybridized carbons (Fsp3) is 0.636. The predicted molar refractivity (Wildman–Crippen MR) is 132 cm³/mol. The van der Waals surface area contributed by atoms with Crippen molar-refractivity contribution in [2.75, 3.05) is 41.3 Å². The summed E-state index contributed by atoms with van der Waals surface area (Å²) < 4.78 is 14.0. The lowest BCUT2D eigenvalue weighted by atomic mass is 9.84. The first-order valence-corrected chi connectivity index (χ1v) is 10.4. The maximum atomic E-state index is 14.0. The molecule has 1 saturated carbocycles. The van der Waals surface area contributed by atoms with Gasteiger partial charge in [-0.05, 0) is 51.6 Å². The molecule has 0 aliphatic heterocycles. The number of nitrogens with one attached hydrogen (secondary N) is 2. The minimum atomic E-state index is -0.353. The molecule has 1 aliphatic carbocycles. The number of guanidine groups is 1. The highest BCUT2D eigenvalue weighted by Gasteiger charge is 2.42. The predicted octanol–water partition coefficient (Wildman–Crippen LogP) is 3.21. The van der Waals surface area contributed by atoms with E-state index in [9.17, 15) is 9.18 Å². The van der Waals surface area contributed by atoms with E-state index in [1.165, 1.54) is 6.07 Å². The topological polar surface area (TPSA) is 60.0 Å². The van der Waals surface area contributed by atoms with Gasteiger partial charge in [0.15, 0.2) is 5.96 Å². The van der Waals surface area contributed by atoms with Crippen LogP contribution in [0.25, 0.3) is 0 Å². The van der Waals surface area contributed by atoms with Crippen LogP contribution < -0.4 is 10.6 Å². The van der Waals surface area contributed by atoms with Gasteiger partial charge >= 0.3 is 0 Å². The summed E-state index contributed by atoms with van der Waals surface area (Å²) in [6, 6.07) is 5.15. The molecule has 0 spiro atoms. The van der Waals surface area contributed by atoms with Crippen LogP contribution in [-0.2, 0) is 17.9 Å². The normalized spacial score (nSPS) is 15.6. The Labute approximate surface area is 197 Å². The summed E-state index contributed by atoms with van der Waals surface area (Å²) in [5, 5.41) is 6.63. The number of amides is 1. The Bertz CT molecular complexity index is 717. The third kappa shape index (κ3) is 7.37. The quantitative estimate of drug-likeness (QED) is 0.306. The number of aliphatic imine (C=N–C) groups is 1. The maximum absolute atomic E-state index is 14.0. The summed E-state index contributed by atoms with van der Waals surface area (Å²) >= 11 is 0. The molecule has 0 unspecified atom stereocenters. The minimum absolute atomic E-state index is 0. The molecule has 1 aliphatic rings. The van der Waals surface area contributed by atoms with E-state index in [0.717, 1.165) is 37.8 Å². The molecule has 8 heteroatoms. The molecular formula is C22H37FIN5O. The molecule has 170 valence electrons. The van der Waals surface area contributed by atoms with Crippen LogP contribution in [0.3, 0.4) is 0 Å². The molecule has 0 aromatic heterocycles. The lowest BCUT2D eigenvalue weighted by Gasteiger charge is -2.31. The molecule has 0 heterocycles. The van der Waals surface area contributed by atoms with Gasteiger partial charge in [0, 0.05) is 39.3 Å². The van der Waals surface area contributed by atoms with Crippen LogP contribution in [0.2, 0.25) is 0 Å². The van der Waals surface area contributed by atoms with E-state index in [-0.39, 0.29) is 41.1 Å². The molecule has 2 N–H and O–H groups in total. The molecule has 2 rings (SSSR count). The number of benzene rings is 1. The Balaban J connectivity index is 0.00000450. The number of rotatable bonds is 8. The molecule has 0 bridgehead atoms. The molecule has 1 aromatic rings. The Morgan fingerprint density at radius 2 is 1.83 bits per heavy atom. The van der Waals surface area contributed by atoms with Gasteiger partial charge in [-0.1, -0.05) is 18.9 Å². The second-order valence-corrected chi connectivity index (χ2v) is 8.40. The van der Waals surface area contributed by atoms with Gasteiger partial charge < -0.3 is 20.4 Å². The summed E-state index contributed by atoms with van der Waals surface area (Å²) in [7, 11) is 7.49. The molecule has 1 aromatic carbocycles. The van der Waals surface area contributed by atoms with Gasteiger partial charge in [-0.25, -0.2) is 9.38 Å². The van der Waals surface area contributed by atoms with Crippen molar-refractivity contribution in [1.29, 1.82) is 0 Å². The van der Waals surface area contributed by atoms with Crippen molar-refractivity contribution in [1.82, 2.24) is 20.4 Å². The van der Waals surface area contributed by atoms with Gasteiger partial charge in [0.2, 0.25) is 5.91 Å². The van der Waals surface area contributed by atoms with Crippen LogP contribution >= 0.6 is 24.0 Å². The van der Waals surface area contributed by atoms with E-state index in [2.05, 4.69) is 15.6 Å². The molecule has 1 fully saturated rings. The second-order valence-electron chi connectivity index (χ2n) is 8.40. The standard InChI is InChI=1S/C22H36FN5O.HI/c1-6-24-21(26-16-22(11-7-8-12-22)20(29)28(4)5)25-14-17-9-10-19(23)18(13-17)15-27(2)3;/h9-10,13H,6-8,11-12,14-16H2,1-5H3,(H2,24,25,26);1H. The Kier molecular flexibility index (Phi) is 11.0. The number of hydrogen-bond donors (Lipinski definition) is 2. The highest BCUT2D eigenvalue weighted by molar-refractivity contribution is 14.0. The molecule has 6 nitrogen and oxygen atoms in total. The van der Waals surface area contributed by atoms with Crippen LogP contribution in [0.1, 0.15) is 43.7 Å².